The highest BCUT2D eigenvalue weighted by Gasteiger charge is 2.10. The second kappa shape index (κ2) is 2.99. The SMILES string of the molecule is CC(C)(C)Nc1cnc(Cl)s1. The molecule has 1 rings (SSSR count). The van der Waals surface area contributed by atoms with Gasteiger partial charge in [-0.2, -0.15) is 0 Å². The Morgan fingerprint density at radius 2 is 2.18 bits per heavy atom. The number of anilines is 1. The van der Waals surface area contributed by atoms with E-state index in [0.717, 1.165) is 5.00 Å². The minimum atomic E-state index is 0.0792. The fraction of sp³-hybridized carbons (Fsp3) is 0.571. The molecule has 1 aromatic rings. The van der Waals surface area contributed by atoms with Crippen LogP contribution in [0.15, 0.2) is 6.20 Å². The van der Waals surface area contributed by atoms with Gasteiger partial charge in [-0.3, -0.25) is 0 Å². The molecule has 11 heavy (non-hydrogen) atoms. The summed E-state index contributed by atoms with van der Waals surface area (Å²) in [5.74, 6) is 0. The summed E-state index contributed by atoms with van der Waals surface area (Å²) < 4.78 is 0.580. The molecule has 0 radical (unpaired) electrons. The normalized spacial score (nSPS) is 11.6. The highest BCUT2D eigenvalue weighted by atomic mass is 35.5. The summed E-state index contributed by atoms with van der Waals surface area (Å²) in [6.45, 7) is 6.29. The van der Waals surface area contributed by atoms with Gasteiger partial charge in [0.25, 0.3) is 0 Å². The van der Waals surface area contributed by atoms with Gasteiger partial charge >= 0.3 is 0 Å². The summed E-state index contributed by atoms with van der Waals surface area (Å²) in [6, 6.07) is 0. The minimum Gasteiger partial charge on any atom is -0.371 e. The van der Waals surface area contributed by atoms with Crippen molar-refractivity contribution in [3.63, 3.8) is 0 Å². The van der Waals surface area contributed by atoms with Crippen molar-refractivity contribution in [1.29, 1.82) is 0 Å². The number of halogens is 1. The van der Waals surface area contributed by atoms with Crippen LogP contribution >= 0.6 is 22.9 Å². The van der Waals surface area contributed by atoms with Gasteiger partial charge in [-0.1, -0.05) is 22.9 Å². The van der Waals surface area contributed by atoms with E-state index >= 15 is 0 Å². The van der Waals surface area contributed by atoms with E-state index in [1.807, 2.05) is 0 Å². The number of aromatic nitrogens is 1. The predicted molar refractivity (Wildman–Crippen MR) is 50.5 cm³/mol. The van der Waals surface area contributed by atoms with Gasteiger partial charge in [-0.15, -0.1) is 0 Å². The first-order valence-corrected chi connectivity index (χ1v) is 4.56. The van der Waals surface area contributed by atoms with Crippen LogP contribution in [0.4, 0.5) is 5.00 Å². The van der Waals surface area contributed by atoms with Crippen molar-refractivity contribution >= 4 is 27.9 Å². The Morgan fingerprint density at radius 1 is 1.55 bits per heavy atom. The van der Waals surface area contributed by atoms with Gasteiger partial charge in [-0.25, -0.2) is 4.98 Å². The zero-order chi connectivity index (χ0) is 8.48. The number of hydrogen-bond acceptors (Lipinski definition) is 3. The maximum absolute atomic E-state index is 5.66. The van der Waals surface area contributed by atoms with E-state index in [9.17, 15) is 0 Å². The Labute approximate surface area is 75.6 Å². The molecule has 1 heterocycles. The van der Waals surface area contributed by atoms with Crippen molar-refractivity contribution in [1.82, 2.24) is 4.98 Å². The average Bonchev–Trinajstić information content (AvgIpc) is 2.10. The molecule has 1 aromatic heterocycles. The number of nitrogens with zero attached hydrogens (tertiary/aromatic N) is 1. The molecule has 4 heteroatoms. The van der Waals surface area contributed by atoms with E-state index in [-0.39, 0.29) is 5.54 Å². The predicted octanol–water partition coefficient (Wildman–Crippen LogP) is 3.01. The first-order valence-electron chi connectivity index (χ1n) is 3.37. The van der Waals surface area contributed by atoms with E-state index in [4.69, 9.17) is 11.6 Å². The number of thiazole rings is 1. The molecular formula is C7H11ClN2S. The molecule has 0 aliphatic rings. The monoisotopic (exact) mass is 190 g/mol. The Balaban J connectivity index is 2.65. The molecule has 2 nitrogen and oxygen atoms in total. The summed E-state index contributed by atoms with van der Waals surface area (Å²) in [7, 11) is 0. The van der Waals surface area contributed by atoms with Gasteiger partial charge in [0.2, 0.25) is 0 Å². The van der Waals surface area contributed by atoms with Crippen LogP contribution in [0.2, 0.25) is 4.47 Å². The van der Waals surface area contributed by atoms with Gasteiger partial charge in [0.1, 0.15) is 5.00 Å². The van der Waals surface area contributed by atoms with Crippen LogP contribution in [-0.2, 0) is 0 Å². The van der Waals surface area contributed by atoms with Crippen molar-refractivity contribution in [2.24, 2.45) is 0 Å². The van der Waals surface area contributed by atoms with Crippen molar-refractivity contribution in [2.45, 2.75) is 26.3 Å². The molecule has 0 bridgehead atoms. The molecule has 0 fully saturated rings. The first kappa shape index (κ1) is 8.81. The Hall–Kier alpha value is -0.280. The maximum Gasteiger partial charge on any atom is 0.185 e. The van der Waals surface area contributed by atoms with Crippen molar-refractivity contribution in [2.75, 3.05) is 5.32 Å². The van der Waals surface area contributed by atoms with Crippen LogP contribution in [0.5, 0.6) is 0 Å². The Kier molecular flexibility index (Phi) is 2.40. The van der Waals surface area contributed by atoms with E-state index in [0.29, 0.717) is 4.47 Å². The van der Waals surface area contributed by atoms with E-state index < -0.39 is 0 Å². The largest absolute Gasteiger partial charge is 0.371 e. The average molecular weight is 191 g/mol. The lowest BCUT2D eigenvalue weighted by Crippen LogP contribution is -2.25. The molecule has 0 aliphatic carbocycles. The second-order valence-electron chi connectivity index (χ2n) is 3.35. The molecule has 62 valence electrons. The molecule has 0 atom stereocenters. The summed E-state index contributed by atoms with van der Waals surface area (Å²) in [6.07, 6.45) is 1.75. The molecule has 0 aromatic carbocycles. The molecule has 0 unspecified atom stereocenters. The van der Waals surface area contributed by atoms with E-state index in [2.05, 4.69) is 31.1 Å². The van der Waals surface area contributed by atoms with Crippen LogP contribution in [-0.4, -0.2) is 10.5 Å². The zero-order valence-electron chi connectivity index (χ0n) is 6.81. The summed E-state index contributed by atoms with van der Waals surface area (Å²) in [5, 5.41) is 4.29. The maximum atomic E-state index is 5.66. The molecule has 0 saturated carbocycles. The van der Waals surface area contributed by atoms with Crippen LogP contribution < -0.4 is 5.32 Å². The van der Waals surface area contributed by atoms with Crippen LogP contribution in [0.3, 0.4) is 0 Å². The van der Waals surface area contributed by atoms with Crippen molar-refractivity contribution < 1.29 is 0 Å². The molecular weight excluding hydrogens is 180 g/mol. The summed E-state index contributed by atoms with van der Waals surface area (Å²) in [4.78, 5) is 3.92. The fourth-order valence-electron chi connectivity index (χ4n) is 0.680. The topological polar surface area (TPSA) is 24.9 Å². The quantitative estimate of drug-likeness (QED) is 0.737. The third-order valence-electron chi connectivity index (χ3n) is 0.976. The number of nitrogens with one attached hydrogen (secondary N) is 1. The van der Waals surface area contributed by atoms with Gasteiger partial charge < -0.3 is 5.32 Å². The van der Waals surface area contributed by atoms with Crippen LogP contribution in [0.1, 0.15) is 20.8 Å². The number of rotatable bonds is 1. The van der Waals surface area contributed by atoms with Crippen LogP contribution in [0.25, 0.3) is 0 Å². The lowest BCUT2D eigenvalue weighted by Gasteiger charge is -2.19. The Bertz CT molecular complexity index is 239. The highest BCUT2D eigenvalue weighted by Crippen LogP contribution is 2.25. The zero-order valence-corrected chi connectivity index (χ0v) is 8.38. The highest BCUT2D eigenvalue weighted by molar-refractivity contribution is 7.19. The molecule has 0 amide bonds. The second-order valence-corrected chi connectivity index (χ2v) is 4.97. The summed E-state index contributed by atoms with van der Waals surface area (Å²) in [5.41, 5.74) is 0.0792. The fourth-order valence-corrected chi connectivity index (χ4v) is 1.73. The number of hydrogen-bond donors (Lipinski definition) is 1. The minimum absolute atomic E-state index is 0.0792. The van der Waals surface area contributed by atoms with Crippen LogP contribution in [0, 0.1) is 0 Å². The van der Waals surface area contributed by atoms with Gasteiger partial charge in [-0.05, 0) is 20.8 Å². The molecule has 0 saturated heterocycles. The van der Waals surface area contributed by atoms with E-state index in [1.165, 1.54) is 11.3 Å². The smallest absolute Gasteiger partial charge is 0.185 e. The van der Waals surface area contributed by atoms with E-state index in [1.54, 1.807) is 6.20 Å². The molecule has 0 spiro atoms. The van der Waals surface area contributed by atoms with Gasteiger partial charge in [0, 0.05) is 5.54 Å². The lowest BCUT2D eigenvalue weighted by molar-refractivity contribution is 0.636. The molecule has 0 aliphatic heterocycles. The third kappa shape index (κ3) is 3.08. The lowest BCUT2D eigenvalue weighted by atomic mass is 10.1. The summed E-state index contributed by atoms with van der Waals surface area (Å²) >= 11 is 7.11. The standard InChI is InChI=1S/C7H11ClN2S/c1-7(2,3)10-5-4-9-6(8)11-5/h4,10H,1-3H3. The first-order chi connectivity index (χ1) is 4.97. The van der Waals surface area contributed by atoms with Crippen molar-refractivity contribution in [3.05, 3.63) is 10.7 Å². The molecule has 1 N–H and O–H groups in total. The van der Waals surface area contributed by atoms with Crippen molar-refractivity contribution in [3.8, 4) is 0 Å². The van der Waals surface area contributed by atoms with Gasteiger partial charge in [0.15, 0.2) is 4.47 Å². The third-order valence-corrected chi connectivity index (χ3v) is 2.01. The van der Waals surface area contributed by atoms with Gasteiger partial charge in [0.05, 0.1) is 6.20 Å². The Morgan fingerprint density at radius 3 is 2.55 bits per heavy atom.